The maximum Gasteiger partial charge on any atom is 0.511 e. The highest BCUT2D eigenvalue weighted by molar-refractivity contribution is 8.00. The van der Waals surface area contributed by atoms with E-state index in [-0.39, 0.29) is 0 Å². The summed E-state index contributed by atoms with van der Waals surface area (Å²) >= 11 is 1.86. The van der Waals surface area contributed by atoms with Crippen molar-refractivity contribution in [3.05, 3.63) is 35.9 Å². The van der Waals surface area contributed by atoms with Crippen molar-refractivity contribution < 1.29 is 13.3 Å². The minimum Gasteiger partial charge on any atom is -0.372 e. The monoisotopic (exact) mass is 311 g/mol. The Morgan fingerprint density at radius 2 is 1.55 bits per heavy atom. The first kappa shape index (κ1) is 14.6. The second-order valence-corrected chi connectivity index (χ2v) is 9.13. The number of nitrogens with zero attached hydrogens (tertiary/aromatic N) is 1. The lowest BCUT2D eigenvalue weighted by molar-refractivity contribution is -0.00443. The zero-order valence-corrected chi connectivity index (χ0v) is 13.4. The fourth-order valence-electron chi connectivity index (χ4n) is 2.44. The van der Waals surface area contributed by atoms with Crippen LogP contribution in [-0.2, 0) is 19.0 Å². The summed E-state index contributed by atoms with van der Waals surface area (Å²) in [7, 11) is -2.44. The van der Waals surface area contributed by atoms with Crippen molar-refractivity contribution in [3.63, 3.8) is 0 Å². The van der Waals surface area contributed by atoms with Gasteiger partial charge in [-0.15, -0.1) is 0 Å². The lowest BCUT2D eigenvalue weighted by atomic mass is 10.2. The van der Waals surface area contributed by atoms with Crippen molar-refractivity contribution in [2.24, 2.45) is 0 Å². The molecule has 3 aliphatic heterocycles. The molecule has 0 spiro atoms. The fraction of sp³-hybridized carbons (Fsp3) is 0.571. The van der Waals surface area contributed by atoms with Gasteiger partial charge in [-0.25, -0.2) is 0 Å². The van der Waals surface area contributed by atoms with E-state index in [0.29, 0.717) is 0 Å². The van der Waals surface area contributed by atoms with Gasteiger partial charge < -0.3 is 13.3 Å². The van der Waals surface area contributed by atoms with Crippen LogP contribution >= 0.6 is 11.8 Å². The van der Waals surface area contributed by atoms with Gasteiger partial charge in [0.05, 0.1) is 25.2 Å². The molecule has 3 saturated heterocycles. The molecule has 3 heterocycles. The summed E-state index contributed by atoms with van der Waals surface area (Å²) in [6, 6.07) is 10.5. The maximum atomic E-state index is 6.01. The summed E-state index contributed by atoms with van der Waals surface area (Å²) in [5.74, 6) is 0.984. The summed E-state index contributed by atoms with van der Waals surface area (Å²) < 4.78 is 18.0. The molecule has 4 nitrogen and oxygen atoms in total. The molecule has 0 radical (unpaired) electrons. The number of thioether (sulfide) groups is 1. The van der Waals surface area contributed by atoms with Crippen LogP contribution in [0.4, 0.5) is 0 Å². The second kappa shape index (κ2) is 7.06. The summed E-state index contributed by atoms with van der Waals surface area (Å²) in [5.41, 5.74) is 1.34. The molecule has 20 heavy (non-hydrogen) atoms. The first-order chi connectivity index (χ1) is 9.86. The molecule has 0 amide bonds. The minimum absolute atomic E-state index is 0.734. The second-order valence-electron chi connectivity index (χ2n) is 5.05. The molecule has 0 aliphatic carbocycles. The molecule has 3 aliphatic rings. The average Bonchev–Trinajstić information content (AvgIpc) is 2.40. The molecule has 1 aromatic carbocycles. The van der Waals surface area contributed by atoms with Gasteiger partial charge in [0.1, 0.15) is 0 Å². The van der Waals surface area contributed by atoms with Gasteiger partial charge in [-0.05, 0) is 5.56 Å². The normalized spacial score (nSPS) is 30.5. The van der Waals surface area contributed by atoms with Crippen LogP contribution in [0.1, 0.15) is 5.56 Å². The van der Waals surface area contributed by atoms with E-state index in [1.54, 1.807) is 0 Å². The van der Waals surface area contributed by atoms with E-state index in [0.717, 1.165) is 50.6 Å². The third-order valence-corrected chi connectivity index (χ3v) is 8.28. The summed E-state index contributed by atoms with van der Waals surface area (Å²) in [6.07, 6.45) is 0. The number of benzene rings is 1. The molecule has 0 unspecified atom stereocenters. The highest BCUT2D eigenvalue weighted by Crippen LogP contribution is 2.23. The van der Waals surface area contributed by atoms with Gasteiger partial charge >= 0.3 is 8.80 Å². The van der Waals surface area contributed by atoms with Crippen LogP contribution in [0.25, 0.3) is 0 Å². The van der Waals surface area contributed by atoms with Crippen molar-refractivity contribution in [2.45, 2.75) is 5.75 Å². The van der Waals surface area contributed by atoms with Crippen molar-refractivity contribution in [1.82, 2.24) is 4.90 Å². The lowest BCUT2D eigenvalue weighted by Crippen LogP contribution is -2.57. The standard InChI is InChI=1S/C14H21NO3SSi/c1-2-4-14(5-3-1)12-19-13-20-16-9-6-15(7-10-17-20)8-11-18-20/h1-5H,6-13H2. The third-order valence-electron chi connectivity index (χ3n) is 3.58. The quantitative estimate of drug-likeness (QED) is 0.791. The predicted octanol–water partition coefficient (Wildman–Crippen LogP) is 1.78. The highest BCUT2D eigenvalue weighted by atomic mass is 32.2. The number of fused-ring (bicyclic) bond motifs is 6. The van der Waals surface area contributed by atoms with Crippen LogP contribution in [0.5, 0.6) is 0 Å². The van der Waals surface area contributed by atoms with E-state index in [4.69, 9.17) is 13.3 Å². The maximum absolute atomic E-state index is 6.01. The molecule has 0 aromatic heterocycles. The lowest BCUT2D eigenvalue weighted by Gasteiger charge is -2.37. The van der Waals surface area contributed by atoms with Gasteiger partial charge in [-0.2, -0.15) is 11.8 Å². The van der Waals surface area contributed by atoms with Gasteiger partial charge in [-0.3, -0.25) is 4.90 Å². The van der Waals surface area contributed by atoms with Crippen LogP contribution in [0, 0.1) is 0 Å². The summed E-state index contributed by atoms with van der Waals surface area (Å²) in [5, 5.41) is 0.849. The average molecular weight is 311 g/mol. The Kier molecular flexibility index (Phi) is 5.14. The summed E-state index contributed by atoms with van der Waals surface area (Å²) in [6.45, 7) is 5.22. The predicted molar refractivity (Wildman–Crippen MR) is 82.7 cm³/mol. The van der Waals surface area contributed by atoms with Crippen molar-refractivity contribution in [2.75, 3.05) is 44.8 Å². The molecule has 1 aromatic rings. The SMILES string of the molecule is c1ccc(CSC[Si]23OCCN(CCO2)CCO3)cc1. The first-order valence-electron chi connectivity index (χ1n) is 7.12. The van der Waals surface area contributed by atoms with Crippen LogP contribution in [-0.4, -0.2) is 58.5 Å². The third kappa shape index (κ3) is 3.84. The van der Waals surface area contributed by atoms with Crippen molar-refractivity contribution in [3.8, 4) is 0 Å². The number of rotatable bonds is 4. The van der Waals surface area contributed by atoms with Crippen LogP contribution < -0.4 is 0 Å². The zero-order valence-electron chi connectivity index (χ0n) is 11.6. The van der Waals surface area contributed by atoms with Gasteiger partial charge in [-0.1, -0.05) is 30.3 Å². The van der Waals surface area contributed by atoms with Crippen molar-refractivity contribution in [1.29, 1.82) is 0 Å². The Balaban J connectivity index is 1.56. The Bertz CT molecular complexity index is 394. The van der Waals surface area contributed by atoms with E-state index in [2.05, 4.69) is 29.2 Å². The largest absolute Gasteiger partial charge is 0.511 e. The Labute approximate surface area is 125 Å². The topological polar surface area (TPSA) is 30.9 Å². The number of hydrogen-bond donors (Lipinski definition) is 0. The molecular weight excluding hydrogens is 290 g/mol. The molecule has 2 bridgehead atoms. The minimum atomic E-state index is -2.44. The van der Waals surface area contributed by atoms with Crippen molar-refractivity contribution >= 4 is 20.6 Å². The first-order valence-corrected chi connectivity index (χ1v) is 10.2. The molecule has 110 valence electrons. The number of hydrogen-bond acceptors (Lipinski definition) is 5. The van der Waals surface area contributed by atoms with E-state index in [9.17, 15) is 0 Å². The van der Waals surface area contributed by atoms with Gasteiger partial charge in [0.25, 0.3) is 0 Å². The van der Waals surface area contributed by atoms with E-state index in [1.165, 1.54) is 5.56 Å². The van der Waals surface area contributed by atoms with Crippen LogP contribution in [0.3, 0.4) is 0 Å². The van der Waals surface area contributed by atoms with E-state index in [1.807, 2.05) is 17.8 Å². The van der Waals surface area contributed by atoms with Crippen LogP contribution in [0.15, 0.2) is 30.3 Å². The summed E-state index contributed by atoms with van der Waals surface area (Å²) in [4.78, 5) is 2.34. The Morgan fingerprint density at radius 1 is 0.950 bits per heavy atom. The molecule has 4 rings (SSSR count). The van der Waals surface area contributed by atoms with E-state index >= 15 is 0 Å². The fourth-order valence-corrected chi connectivity index (χ4v) is 6.74. The Morgan fingerprint density at radius 3 is 2.15 bits per heavy atom. The molecule has 6 heteroatoms. The molecule has 0 atom stereocenters. The van der Waals surface area contributed by atoms with Crippen LogP contribution in [0.2, 0.25) is 0 Å². The molecule has 0 saturated carbocycles. The van der Waals surface area contributed by atoms with E-state index < -0.39 is 8.80 Å². The van der Waals surface area contributed by atoms with Gasteiger partial charge in [0, 0.05) is 25.4 Å². The molecule has 3 fully saturated rings. The zero-order chi connectivity index (χ0) is 13.7. The molecule has 0 N–H and O–H groups in total. The smallest absolute Gasteiger partial charge is 0.372 e. The molecular formula is C14H21NO3SSi. The Hall–Kier alpha value is -0.373. The van der Waals surface area contributed by atoms with Gasteiger partial charge in [0.2, 0.25) is 0 Å². The van der Waals surface area contributed by atoms with Gasteiger partial charge in [0.15, 0.2) is 0 Å². The highest BCUT2D eigenvalue weighted by Gasteiger charge is 2.43.